The Bertz CT molecular complexity index is 902. The summed E-state index contributed by atoms with van der Waals surface area (Å²) in [6.07, 6.45) is -0.279. The molecule has 1 heterocycles. The van der Waals surface area contributed by atoms with Gasteiger partial charge in [-0.05, 0) is 35.7 Å². The molecule has 4 rings (SSSR count). The molecule has 0 amide bonds. The van der Waals surface area contributed by atoms with Crippen LogP contribution in [0.25, 0.3) is 0 Å². The molecular weight excluding hydrogens is 322 g/mol. The van der Waals surface area contributed by atoms with Crippen molar-refractivity contribution in [1.82, 2.24) is 0 Å². The Morgan fingerprint density at radius 1 is 0.846 bits per heavy atom. The Morgan fingerprint density at radius 3 is 2.19 bits per heavy atom. The number of anilines is 1. The monoisotopic (exact) mass is 345 g/mol. The van der Waals surface area contributed by atoms with Crippen LogP contribution in [0.5, 0.6) is 11.5 Å². The summed E-state index contributed by atoms with van der Waals surface area (Å²) in [5.74, 6) is 1.62. The highest BCUT2D eigenvalue weighted by atomic mass is 16.5. The van der Waals surface area contributed by atoms with Gasteiger partial charge in [0, 0.05) is 16.8 Å². The highest BCUT2D eigenvalue weighted by Crippen LogP contribution is 2.47. The minimum absolute atomic E-state index is 0.0654. The van der Waals surface area contributed by atoms with E-state index >= 15 is 0 Å². The molecule has 2 atom stereocenters. The number of para-hydroxylation sites is 2. The first kappa shape index (κ1) is 16.5. The molecule has 0 radical (unpaired) electrons. The molecule has 0 saturated carbocycles. The van der Waals surface area contributed by atoms with E-state index in [4.69, 9.17) is 4.74 Å². The molecule has 132 valence electrons. The first-order valence-electron chi connectivity index (χ1n) is 9.03. The van der Waals surface area contributed by atoms with Gasteiger partial charge in [0.25, 0.3) is 0 Å². The van der Waals surface area contributed by atoms with Gasteiger partial charge in [0.2, 0.25) is 0 Å². The van der Waals surface area contributed by atoms with Crippen LogP contribution >= 0.6 is 0 Å². The fourth-order valence-electron chi connectivity index (χ4n) is 3.48. The number of hydrogen-bond acceptors (Lipinski definition) is 3. The van der Waals surface area contributed by atoms with Gasteiger partial charge in [0.1, 0.15) is 11.5 Å². The van der Waals surface area contributed by atoms with Crippen molar-refractivity contribution < 1.29 is 9.84 Å². The van der Waals surface area contributed by atoms with Crippen LogP contribution in [0, 0.1) is 0 Å². The van der Waals surface area contributed by atoms with Crippen LogP contribution in [0.4, 0.5) is 5.69 Å². The second-order valence-electron chi connectivity index (χ2n) is 7.03. The van der Waals surface area contributed by atoms with Gasteiger partial charge < -0.3 is 15.2 Å². The molecule has 3 aromatic carbocycles. The van der Waals surface area contributed by atoms with E-state index in [9.17, 15) is 5.11 Å². The van der Waals surface area contributed by atoms with Gasteiger partial charge in [-0.15, -0.1) is 0 Å². The summed E-state index contributed by atoms with van der Waals surface area (Å²) in [6.45, 7) is 4.38. The van der Waals surface area contributed by atoms with Crippen LogP contribution in [0.15, 0.2) is 72.8 Å². The predicted molar refractivity (Wildman–Crippen MR) is 105 cm³/mol. The maximum atomic E-state index is 10.3. The van der Waals surface area contributed by atoms with E-state index < -0.39 is 0 Å². The number of benzene rings is 3. The van der Waals surface area contributed by atoms with E-state index in [-0.39, 0.29) is 17.9 Å². The molecule has 0 spiro atoms. The van der Waals surface area contributed by atoms with E-state index in [1.165, 1.54) is 5.56 Å². The molecular formula is C23H23NO2. The van der Waals surface area contributed by atoms with Crippen molar-refractivity contribution in [2.75, 3.05) is 5.32 Å². The third kappa shape index (κ3) is 3.01. The molecule has 1 aliphatic heterocycles. The SMILES string of the molecule is CC(C)c1ccc(N[C@H]2c3ccccc3O[C@@H]2c2ccccc2O)cc1. The van der Waals surface area contributed by atoms with Gasteiger partial charge in [0.15, 0.2) is 6.10 Å². The lowest BCUT2D eigenvalue weighted by molar-refractivity contribution is 0.214. The van der Waals surface area contributed by atoms with Gasteiger partial charge in [-0.3, -0.25) is 0 Å². The summed E-state index contributed by atoms with van der Waals surface area (Å²) in [5.41, 5.74) is 4.25. The zero-order valence-corrected chi connectivity index (χ0v) is 15.0. The molecule has 0 aliphatic carbocycles. The van der Waals surface area contributed by atoms with Crippen molar-refractivity contribution in [3.8, 4) is 11.5 Å². The third-order valence-electron chi connectivity index (χ3n) is 4.95. The normalized spacial score (nSPS) is 18.4. The Labute approximate surface area is 154 Å². The zero-order chi connectivity index (χ0) is 18.1. The number of rotatable bonds is 4. The molecule has 3 nitrogen and oxygen atoms in total. The van der Waals surface area contributed by atoms with Crippen molar-refractivity contribution in [3.05, 3.63) is 89.5 Å². The molecule has 2 N–H and O–H groups in total. The largest absolute Gasteiger partial charge is 0.508 e. The molecule has 1 aliphatic rings. The van der Waals surface area contributed by atoms with Crippen molar-refractivity contribution in [2.24, 2.45) is 0 Å². The second-order valence-corrected chi connectivity index (χ2v) is 7.03. The first-order chi connectivity index (χ1) is 12.6. The molecule has 3 heteroatoms. The summed E-state index contributed by atoms with van der Waals surface area (Å²) >= 11 is 0. The lowest BCUT2D eigenvalue weighted by atomic mass is 9.96. The Kier molecular flexibility index (Phi) is 4.29. The molecule has 0 fully saturated rings. The second kappa shape index (κ2) is 6.75. The van der Waals surface area contributed by atoms with Gasteiger partial charge in [-0.1, -0.05) is 62.4 Å². The van der Waals surface area contributed by atoms with Crippen LogP contribution in [-0.2, 0) is 0 Å². The van der Waals surface area contributed by atoms with Crippen molar-refractivity contribution in [1.29, 1.82) is 0 Å². The minimum Gasteiger partial charge on any atom is -0.508 e. The molecule has 0 bridgehead atoms. The Morgan fingerprint density at radius 2 is 1.50 bits per heavy atom. The highest BCUT2D eigenvalue weighted by molar-refractivity contribution is 5.53. The summed E-state index contributed by atoms with van der Waals surface area (Å²) in [7, 11) is 0. The Hall–Kier alpha value is -2.94. The molecule has 3 aromatic rings. The number of phenolic OH excluding ortho intramolecular Hbond substituents is 1. The first-order valence-corrected chi connectivity index (χ1v) is 9.03. The van der Waals surface area contributed by atoms with E-state index in [2.05, 4.69) is 49.5 Å². The molecule has 0 aromatic heterocycles. The summed E-state index contributed by atoms with van der Waals surface area (Å²) in [5, 5.41) is 13.9. The van der Waals surface area contributed by atoms with Crippen molar-refractivity contribution in [2.45, 2.75) is 31.9 Å². The van der Waals surface area contributed by atoms with Crippen LogP contribution in [0.2, 0.25) is 0 Å². The maximum absolute atomic E-state index is 10.3. The smallest absolute Gasteiger partial charge is 0.152 e. The van der Waals surface area contributed by atoms with Gasteiger partial charge in [0.05, 0.1) is 6.04 Å². The lowest BCUT2D eigenvalue weighted by Crippen LogP contribution is -2.18. The molecule has 0 unspecified atom stereocenters. The van der Waals surface area contributed by atoms with E-state index in [1.54, 1.807) is 6.07 Å². The lowest BCUT2D eigenvalue weighted by Gasteiger charge is -2.23. The van der Waals surface area contributed by atoms with Gasteiger partial charge in [-0.2, -0.15) is 0 Å². The fourth-order valence-corrected chi connectivity index (χ4v) is 3.48. The predicted octanol–water partition coefficient (Wildman–Crippen LogP) is 5.80. The average molecular weight is 345 g/mol. The van der Waals surface area contributed by atoms with Crippen LogP contribution < -0.4 is 10.1 Å². The van der Waals surface area contributed by atoms with Crippen molar-refractivity contribution >= 4 is 5.69 Å². The standard InChI is InChI=1S/C23H23NO2/c1-15(2)16-11-13-17(14-12-16)24-22-19-8-4-6-10-21(19)26-23(22)18-7-3-5-9-20(18)25/h3-15,22-25H,1-2H3/t22-,23+/m0/s1. The van der Waals surface area contributed by atoms with Gasteiger partial charge >= 0.3 is 0 Å². The van der Waals surface area contributed by atoms with Gasteiger partial charge in [-0.25, -0.2) is 0 Å². The summed E-state index contributed by atoms with van der Waals surface area (Å²) < 4.78 is 6.20. The minimum atomic E-state index is -0.279. The highest BCUT2D eigenvalue weighted by Gasteiger charge is 2.36. The summed E-state index contributed by atoms with van der Waals surface area (Å²) in [6, 6.07) is 23.9. The van der Waals surface area contributed by atoms with E-state index in [1.807, 2.05) is 36.4 Å². The number of fused-ring (bicyclic) bond motifs is 1. The van der Waals surface area contributed by atoms with Crippen molar-refractivity contribution in [3.63, 3.8) is 0 Å². The quantitative estimate of drug-likeness (QED) is 0.627. The zero-order valence-electron chi connectivity index (χ0n) is 15.0. The van der Waals surface area contributed by atoms with Crippen LogP contribution in [0.1, 0.15) is 48.6 Å². The van der Waals surface area contributed by atoms with Crippen LogP contribution in [-0.4, -0.2) is 5.11 Å². The van der Waals surface area contributed by atoms with E-state index in [0.29, 0.717) is 5.92 Å². The topological polar surface area (TPSA) is 41.5 Å². The number of hydrogen-bond donors (Lipinski definition) is 2. The molecule has 0 saturated heterocycles. The number of phenols is 1. The average Bonchev–Trinajstić information content (AvgIpc) is 3.01. The molecule has 26 heavy (non-hydrogen) atoms. The summed E-state index contributed by atoms with van der Waals surface area (Å²) in [4.78, 5) is 0. The number of aromatic hydroxyl groups is 1. The maximum Gasteiger partial charge on any atom is 0.152 e. The van der Waals surface area contributed by atoms with Crippen LogP contribution in [0.3, 0.4) is 0 Å². The fraction of sp³-hybridized carbons (Fsp3) is 0.217. The third-order valence-corrected chi connectivity index (χ3v) is 4.95. The Balaban J connectivity index is 1.69. The number of nitrogens with one attached hydrogen (secondary N) is 1. The number of ether oxygens (including phenoxy) is 1. The van der Waals surface area contributed by atoms with E-state index in [0.717, 1.165) is 22.6 Å².